The number of benzene rings is 2. The van der Waals surface area contributed by atoms with Gasteiger partial charge in [0, 0.05) is 17.8 Å². The number of anilines is 1. The van der Waals surface area contributed by atoms with Crippen molar-refractivity contribution in [2.45, 2.75) is 19.9 Å². The van der Waals surface area contributed by atoms with Crippen LogP contribution in [-0.2, 0) is 13.0 Å². The van der Waals surface area contributed by atoms with E-state index in [0.29, 0.717) is 35.5 Å². The van der Waals surface area contributed by atoms with Crippen LogP contribution >= 0.6 is 0 Å². The van der Waals surface area contributed by atoms with Crippen LogP contribution in [0.4, 0.5) is 10.1 Å². The first kappa shape index (κ1) is 17.0. The van der Waals surface area contributed by atoms with Gasteiger partial charge in [0.15, 0.2) is 0 Å². The lowest BCUT2D eigenvalue weighted by molar-refractivity contribution is 0.0964. The molecular formula is C20H17FN4O2. The van der Waals surface area contributed by atoms with E-state index in [4.69, 9.17) is 0 Å². The van der Waals surface area contributed by atoms with Crippen LogP contribution in [-0.4, -0.2) is 21.6 Å². The third-order valence-corrected chi connectivity index (χ3v) is 4.57. The van der Waals surface area contributed by atoms with Crippen molar-refractivity contribution in [1.29, 1.82) is 0 Å². The fraction of sp³-hybridized carbons (Fsp3) is 0.150. The molecule has 27 heavy (non-hydrogen) atoms. The highest BCUT2D eigenvalue weighted by atomic mass is 19.1. The van der Waals surface area contributed by atoms with Crippen LogP contribution < -0.4 is 10.6 Å². The molecule has 7 heteroatoms. The van der Waals surface area contributed by atoms with Gasteiger partial charge in [0.2, 0.25) is 0 Å². The molecule has 4 rings (SSSR count). The van der Waals surface area contributed by atoms with E-state index in [1.54, 1.807) is 28.9 Å². The number of nitrogens with zero attached hydrogens (tertiary/aromatic N) is 2. The Hall–Kier alpha value is -3.48. The molecule has 2 amide bonds. The predicted octanol–water partition coefficient (Wildman–Crippen LogP) is 3.07. The second-order valence-electron chi connectivity index (χ2n) is 6.26. The SMILES string of the molecule is CCc1c(C(=O)Nc2ccc3c(c2)C(=O)NC3)cnn1-c1ccc(F)cc1. The molecule has 0 saturated heterocycles. The van der Waals surface area contributed by atoms with E-state index in [2.05, 4.69) is 15.7 Å². The molecule has 3 aromatic rings. The molecular weight excluding hydrogens is 347 g/mol. The molecule has 1 aliphatic heterocycles. The maximum Gasteiger partial charge on any atom is 0.259 e. The number of hydrogen-bond donors (Lipinski definition) is 2. The Kier molecular flexibility index (Phi) is 4.19. The van der Waals surface area contributed by atoms with Gasteiger partial charge >= 0.3 is 0 Å². The van der Waals surface area contributed by atoms with Gasteiger partial charge in [-0.05, 0) is 48.4 Å². The number of carbonyl (C=O) groups excluding carboxylic acids is 2. The van der Waals surface area contributed by atoms with Crippen molar-refractivity contribution in [2.75, 3.05) is 5.32 Å². The molecule has 1 aromatic heterocycles. The summed E-state index contributed by atoms with van der Waals surface area (Å²) < 4.78 is 14.8. The van der Waals surface area contributed by atoms with E-state index >= 15 is 0 Å². The second-order valence-corrected chi connectivity index (χ2v) is 6.26. The lowest BCUT2D eigenvalue weighted by Crippen LogP contribution is -2.15. The van der Waals surface area contributed by atoms with Gasteiger partial charge in [-0.1, -0.05) is 13.0 Å². The predicted molar refractivity (Wildman–Crippen MR) is 98.5 cm³/mol. The Morgan fingerprint density at radius 2 is 2.04 bits per heavy atom. The van der Waals surface area contributed by atoms with Gasteiger partial charge in [-0.25, -0.2) is 9.07 Å². The Morgan fingerprint density at radius 3 is 2.78 bits per heavy atom. The number of amides is 2. The summed E-state index contributed by atoms with van der Waals surface area (Å²) in [6.07, 6.45) is 2.07. The molecule has 2 N–H and O–H groups in total. The zero-order chi connectivity index (χ0) is 19.0. The van der Waals surface area contributed by atoms with E-state index in [1.165, 1.54) is 18.3 Å². The molecule has 0 unspecified atom stereocenters. The van der Waals surface area contributed by atoms with Crippen molar-refractivity contribution < 1.29 is 14.0 Å². The van der Waals surface area contributed by atoms with Crippen LogP contribution in [0.15, 0.2) is 48.7 Å². The summed E-state index contributed by atoms with van der Waals surface area (Å²) >= 11 is 0. The van der Waals surface area contributed by atoms with Crippen LogP contribution in [0, 0.1) is 5.82 Å². The molecule has 2 heterocycles. The summed E-state index contributed by atoms with van der Waals surface area (Å²) in [6.45, 7) is 2.43. The van der Waals surface area contributed by atoms with Crippen LogP contribution in [0.1, 0.15) is 38.9 Å². The first-order chi connectivity index (χ1) is 13.1. The molecule has 0 radical (unpaired) electrons. The van der Waals surface area contributed by atoms with Crippen molar-refractivity contribution in [1.82, 2.24) is 15.1 Å². The normalized spacial score (nSPS) is 12.6. The third kappa shape index (κ3) is 3.08. The van der Waals surface area contributed by atoms with Crippen LogP contribution in [0.25, 0.3) is 5.69 Å². The van der Waals surface area contributed by atoms with E-state index in [1.807, 2.05) is 13.0 Å². The summed E-state index contributed by atoms with van der Waals surface area (Å²) in [5.74, 6) is -0.777. The smallest absolute Gasteiger partial charge is 0.259 e. The summed E-state index contributed by atoms with van der Waals surface area (Å²) in [5, 5.41) is 9.86. The highest BCUT2D eigenvalue weighted by molar-refractivity contribution is 6.06. The average molecular weight is 364 g/mol. The number of carbonyl (C=O) groups is 2. The minimum atomic E-state index is -0.331. The summed E-state index contributed by atoms with van der Waals surface area (Å²) in [6, 6.07) is 11.2. The van der Waals surface area contributed by atoms with Crippen molar-refractivity contribution in [3.63, 3.8) is 0 Å². The highest BCUT2D eigenvalue weighted by Gasteiger charge is 2.21. The summed E-state index contributed by atoms with van der Waals surface area (Å²) in [7, 11) is 0. The first-order valence-corrected chi connectivity index (χ1v) is 8.62. The topological polar surface area (TPSA) is 76.0 Å². The minimum Gasteiger partial charge on any atom is -0.348 e. The number of hydrogen-bond acceptors (Lipinski definition) is 3. The van der Waals surface area contributed by atoms with E-state index in [-0.39, 0.29) is 17.6 Å². The Balaban J connectivity index is 1.62. The fourth-order valence-electron chi connectivity index (χ4n) is 3.20. The third-order valence-electron chi connectivity index (χ3n) is 4.57. The van der Waals surface area contributed by atoms with Gasteiger partial charge in [0.05, 0.1) is 23.1 Å². The zero-order valence-corrected chi connectivity index (χ0v) is 14.6. The van der Waals surface area contributed by atoms with Gasteiger partial charge < -0.3 is 10.6 Å². The fourth-order valence-corrected chi connectivity index (χ4v) is 3.20. The number of rotatable bonds is 4. The van der Waals surface area contributed by atoms with E-state index in [9.17, 15) is 14.0 Å². The summed E-state index contributed by atoms with van der Waals surface area (Å²) in [4.78, 5) is 24.5. The molecule has 1 aliphatic rings. The zero-order valence-electron chi connectivity index (χ0n) is 14.6. The molecule has 6 nitrogen and oxygen atoms in total. The number of fused-ring (bicyclic) bond motifs is 1. The Bertz CT molecular complexity index is 1040. The monoisotopic (exact) mass is 364 g/mol. The lowest BCUT2D eigenvalue weighted by Gasteiger charge is -2.09. The van der Waals surface area contributed by atoms with Crippen LogP contribution in [0.3, 0.4) is 0 Å². The van der Waals surface area contributed by atoms with Crippen molar-refractivity contribution in [2.24, 2.45) is 0 Å². The molecule has 0 fully saturated rings. The van der Waals surface area contributed by atoms with E-state index in [0.717, 1.165) is 11.3 Å². The number of nitrogens with one attached hydrogen (secondary N) is 2. The second kappa shape index (κ2) is 6.68. The molecule has 0 aliphatic carbocycles. The van der Waals surface area contributed by atoms with Crippen molar-refractivity contribution in [3.8, 4) is 5.69 Å². The lowest BCUT2D eigenvalue weighted by atomic mass is 10.1. The molecule has 136 valence electrons. The largest absolute Gasteiger partial charge is 0.348 e. The van der Waals surface area contributed by atoms with Crippen molar-refractivity contribution in [3.05, 3.63) is 76.9 Å². The Morgan fingerprint density at radius 1 is 1.26 bits per heavy atom. The highest BCUT2D eigenvalue weighted by Crippen LogP contribution is 2.22. The number of aromatic nitrogens is 2. The molecule has 2 aromatic carbocycles. The van der Waals surface area contributed by atoms with Gasteiger partial charge in [-0.3, -0.25) is 9.59 Å². The van der Waals surface area contributed by atoms with Gasteiger partial charge in [0.25, 0.3) is 11.8 Å². The first-order valence-electron chi connectivity index (χ1n) is 8.62. The van der Waals surface area contributed by atoms with Crippen LogP contribution in [0.2, 0.25) is 0 Å². The number of halogens is 1. The van der Waals surface area contributed by atoms with E-state index < -0.39 is 0 Å². The van der Waals surface area contributed by atoms with Gasteiger partial charge in [-0.2, -0.15) is 5.10 Å². The molecule has 0 spiro atoms. The van der Waals surface area contributed by atoms with Crippen molar-refractivity contribution >= 4 is 17.5 Å². The summed E-state index contributed by atoms with van der Waals surface area (Å²) in [5.41, 5.74) is 3.88. The van der Waals surface area contributed by atoms with Crippen LogP contribution in [0.5, 0.6) is 0 Å². The Labute approximate surface area is 155 Å². The quantitative estimate of drug-likeness (QED) is 0.747. The molecule has 0 saturated carbocycles. The maximum absolute atomic E-state index is 13.2. The molecule has 0 bridgehead atoms. The molecule has 0 atom stereocenters. The standard InChI is InChI=1S/C20H17FN4O2/c1-2-18-17(11-23-25(18)15-7-4-13(21)5-8-15)20(27)24-14-6-3-12-10-22-19(26)16(12)9-14/h3-9,11H,2,10H2,1H3,(H,22,26)(H,24,27). The van der Waals surface area contributed by atoms with Gasteiger partial charge in [0.1, 0.15) is 5.82 Å². The maximum atomic E-state index is 13.2. The average Bonchev–Trinajstić information content (AvgIpc) is 3.26. The minimum absolute atomic E-state index is 0.139. The van der Waals surface area contributed by atoms with Gasteiger partial charge in [-0.15, -0.1) is 0 Å².